The first-order valence-corrected chi connectivity index (χ1v) is 7.37. The molecule has 2 heteroatoms. The van der Waals surface area contributed by atoms with Crippen molar-refractivity contribution in [3.05, 3.63) is 59.4 Å². The number of benzene rings is 1. The fourth-order valence-corrected chi connectivity index (χ4v) is 2.91. The van der Waals surface area contributed by atoms with E-state index < -0.39 is 0 Å². The molecule has 0 aliphatic heterocycles. The lowest BCUT2D eigenvalue weighted by Gasteiger charge is -2.30. The van der Waals surface area contributed by atoms with Crippen LogP contribution in [0.25, 0.3) is 0 Å². The lowest BCUT2D eigenvalue weighted by molar-refractivity contribution is 0.433. The summed E-state index contributed by atoms with van der Waals surface area (Å²) in [4.78, 5) is 0. The second-order valence-electron chi connectivity index (χ2n) is 6.44. The van der Waals surface area contributed by atoms with Gasteiger partial charge in [0.05, 0.1) is 0 Å². The minimum Gasteiger partial charge on any atom is -0.323 e. The van der Waals surface area contributed by atoms with Crippen LogP contribution in [0.5, 0.6) is 0 Å². The lowest BCUT2D eigenvalue weighted by Crippen LogP contribution is -2.33. The Morgan fingerprint density at radius 3 is 2.10 bits per heavy atom. The summed E-state index contributed by atoms with van der Waals surface area (Å²) >= 11 is 0. The number of aromatic nitrogens is 1. The van der Waals surface area contributed by atoms with Crippen molar-refractivity contribution in [3.8, 4) is 0 Å². The Bertz CT molecular complexity index is 533. The highest BCUT2D eigenvalue weighted by molar-refractivity contribution is 5.24. The molecule has 2 nitrogen and oxygen atoms in total. The molecular weight excluding hydrogens is 244 g/mol. The quantitative estimate of drug-likeness (QED) is 0.852. The topological polar surface area (TPSA) is 17.0 Å². The largest absolute Gasteiger partial charge is 0.323 e. The molecule has 2 aromatic rings. The van der Waals surface area contributed by atoms with Crippen LogP contribution in [0.1, 0.15) is 44.1 Å². The zero-order valence-electron chi connectivity index (χ0n) is 13.3. The van der Waals surface area contributed by atoms with Crippen LogP contribution < -0.4 is 5.43 Å². The first kappa shape index (κ1) is 14.7. The van der Waals surface area contributed by atoms with Gasteiger partial charge in [-0.05, 0) is 50.3 Å². The van der Waals surface area contributed by atoms with Crippen molar-refractivity contribution in [1.82, 2.24) is 4.68 Å². The molecule has 1 N–H and O–H groups in total. The van der Waals surface area contributed by atoms with E-state index in [1.807, 2.05) is 0 Å². The van der Waals surface area contributed by atoms with E-state index in [0.717, 1.165) is 6.42 Å². The van der Waals surface area contributed by atoms with Gasteiger partial charge in [0.15, 0.2) is 0 Å². The molecule has 0 fully saturated rings. The smallest absolute Gasteiger partial charge is 0.0404 e. The fraction of sp³-hybridized carbons (Fsp3) is 0.444. The van der Waals surface area contributed by atoms with Crippen molar-refractivity contribution in [2.24, 2.45) is 0 Å². The average molecular weight is 270 g/mol. The van der Waals surface area contributed by atoms with Crippen LogP contribution in [-0.4, -0.2) is 10.7 Å². The molecule has 108 valence electrons. The van der Waals surface area contributed by atoms with Crippen LogP contribution in [0, 0.1) is 13.8 Å². The average Bonchev–Trinajstić information content (AvgIpc) is 2.71. The third-order valence-electron chi connectivity index (χ3n) is 3.99. The molecule has 0 amide bonds. The van der Waals surface area contributed by atoms with Crippen LogP contribution in [0.15, 0.2) is 42.5 Å². The minimum atomic E-state index is 0.169. The molecule has 0 aliphatic rings. The van der Waals surface area contributed by atoms with Gasteiger partial charge in [0.1, 0.15) is 0 Å². The van der Waals surface area contributed by atoms with Crippen LogP contribution in [0.4, 0.5) is 0 Å². The maximum atomic E-state index is 3.60. The van der Waals surface area contributed by atoms with Gasteiger partial charge in [-0.2, -0.15) is 0 Å². The molecule has 1 aromatic heterocycles. The van der Waals surface area contributed by atoms with Crippen molar-refractivity contribution in [3.63, 3.8) is 0 Å². The molecule has 0 aliphatic carbocycles. The third kappa shape index (κ3) is 3.24. The summed E-state index contributed by atoms with van der Waals surface area (Å²) in [6.45, 7) is 11.2. The molecule has 0 bridgehead atoms. The first-order chi connectivity index (χ1) is 9.40. The van der Waals surface area contributed by atoms with E-state index >= 15 is 0 Å². The molecule has 0 saturated heterocycles. The van der Waals surface area contributed by atoms with E-state index in [2.05, 4.69) is 87.2 Å². The molecule has 1 heterocycles. The maximum Gasteiger partial charge on any atom is 0.0404 e. The van der Waals surface area contributed by atoms with E-state index in [1.165, 1.54) is 17.0 Å². The molecule has 0 radical (unpaired) electrons. The number of hydrogen-bond donors (Lipinski definition) is 1. The molecule has 1 unspecified atom stereocenters. The van der Waals surface area contributed by atoms with Crippen molar-refractivity contribution in [2.45, 2.75) is 52.5 Å². The predicted octanol–water partition coefficient (Wildman–Crippen LogP) is 4.40. The lowest BCUT2D eigenvalue weighted by atomic mass is 9.79. The molecule has 1 aromatic carbocycles. The Hall–Kier alpha value is -1.70. The zero-order valence-corrected chi connectivity index (χ0v) is 13.3. The van der Waals surface area contributed by atoms with Gasteiger partial charge in [0, 0.05) is 17.4 Å². The van der Waals surface area contributed by atoms with Crippen molar-refractivity contribution < 1.29 is 0 Å². The summed E-state index contributed by atoms with van der Waals surface area (Å²) in [7, 11) is 0. The summed E-state index contributed by atoms with van der Waals surface area (Å²) in [6.07, 6.45) is 1.09. The Morgan fingerprint density at radius 1 is 1.00 bits per heavy atom. The van der Waals surface area contributed by atoms with E-state index in [9.17, 15) is 0 Å². The van der Waals surface area contributed by atoms with Gasteiger partial charge in [0.25, 0.3) is 0 Å². The van der Waals surface area contributed by atoms with Crippen LogP contribution in [0.2, 0.25) is 0 Å². The minimum absolute atomic E-state index is 0.169. The van der Waals surface area contributed by atoms with Gasteiger partial charge in [0.2, 0.25) is 0 Å². The van der Waals surface area contributed by atoms with Gasteiger partial charge < -0.3 is 5.43 Å². The van der Waals surface area contributed by atoms with Gasteiger partial charge in [-0.1, -0.05) is 44.2 Å². The molecule has 0 spiro atoms. The normalized spacial score (nSPS) is 13.2. The Balaban J connectivity index is 2.06. The molecular formula is C18H26N2. The highest BCUT2D eigenvalue weighted by atomic mass is 15.4. The Labute approximate surface area is 122 Å². The van der Waals surface area contributed by atoms with E-state index in [1.54, 1.807) is 0 Å². The highest BCUT2D eigenvalue weighted by Gasteiger charge is 2.23. The van der Waals surface area contributed by atoms with Crippen molar-refractivity contribution >= 4 is 0 Å². The Kier molecular flexibility index (Phi) is 4.22. The SMILES string of the molecule is Cc1ccc(C)n1NC(C)CC(C)(C)c1ccccc1. The van der Waals surface area contributed by atoms with Crippen molar-refractivity contribution in [2.75, 3.05) is 5.43 Å². The monoisotopic (exact) mass is 270 g/mol. The second-order valence-corrected chi connectivity index (χ2v) is 6.44. The highest BCUT2D eigenvalue weighted by Crippen LogP contribution is 2.28. The van der Waals surface area contributed by atoms with E-state index in [4.69, 9.17) is 0 Å². The molecule has 0 saturated carbocycles. The Morgan fingerprint density at radius 2 is 1.55 bits per heavy atom. The number of hydrogen-bond acceptors (Lipinski definition) is 1. The van der Waals surface area contributed by atoms with E-state index in [0.29, 0.717) is 6.04 Å². The molecule has 20 heavy (non-hydrogen) atoms. The van der Waals surface area contributed by atoms with Crippen LogP contribution >= 0.6 is 0 Å². The first-order valence-electron chi connectivity index (χ1n) is 7.37. The number of aryl methyl sites for hydroxylation is 2. The molecule has 1 atom stereocenters. The second kappa shape index (κ2) is 5.74. The summed E-state index contributed by atoms with van der Waals surface area (Å²) in [5.41, 5.74) is 7.68. The predicted molar refractivity (Wildman–Crippen MR) is 86.8 cm³/mol. The summed E-state index contributed by atoms with van der Waals surface area (Å²) in [5, 5.41) is 0. The summed E-state index contributed by atoms with van der Waals surface area (Å²) in [5.74, 6) is 0. The van der Waals surface area contributed by atoms with Crippen LogP contribution in [-0.2, 0) is 5.41 Å². The standard InChI is InChI=1S/C18H26N2/c1-14(19-20-15(2)11-12-16(20)3)13-18(4,5)17-9-7-6-8-10-17/h6-12,14,19H,13H2,1-5H3. The van der Waals surface area contributed by atoms with Crippen LogP contribution in [0.3, 0.4) is 0 Å². The van der Waals surface area contributed by atoms with Gasteiger partial charge in [-0.15, -0.1) is 0 Å². The van der Waals surface area contributed by atoms with Crippen molar-refractivity contribution in [1.29, 1.82) is 0 Å². The van der Waals surface area contributed by atoms with Gasteiger partial charge in [-0.25, -0.2) is 0 Å². The summed E-state index contributed by atoms with van der Waals surface area (Å²) in [6, 6.07) is 15.5. The fourth-order valence-electron chi connectivity index (χ4n) is 2.91. The zero-order chi connectivity index (χ0) is 14.8. The number of nitrogens with one attached hydrogen (secondary N) is 1. The summed E-state index contributed by atoms with van der Waals surface area (Å²) < 4.78 is 2.19. The van der Waals surface area contributed by atoms with Gasteiger partial charge >= 0.3 is 0 Å². The molecule has 2 rings (SSSR count). The van der Waals surface area contributed by atoms with Gasteiger partial charge in [-0.3, -0.25) is 4.68 Å². The number of rotatable bonds is 5. The number of nitrogens with zero attached hydrogens (tertiary/aromatic N) is 1. The third-order valence-corrected chi connectivity index (χ3v) is 3.99. The maximum absolute atomic E-state index is 3.60. The van der Waals surface area contributed by atoms with E-state index in [-0.39, 0.29) is 5.41 Å².